The molecule has 0 amide bonds. The van der Waals surface area contributed by atoms with Crippen LogP contribution in [0.3, 0.4) is 0 Å². The van der Waals surface area contributed by atoms with Gasteiger partial charge in [0.25, 0.3) is 0 Å². The molecule has 3 aromatic heterocycles. The monoisotopic (exact) mass is 434 g/mol. The number of aromatic nitrogens is 3. The first-order chi connectivity index (χ1) is 15.3. The lowest BCUT2D eigenvalue weighted by Crippen LogP contribution is -2.24. The molecule has 5 rings (SSSR count). The molecule has 0 radical (unpaired) electrons. The van der Waals surface area contributed by atoms with Crippen molar-refractivity contribution in [3.63, 3.8) is 0 Å². The van der Waals surface area contributed by atoms with Gasteiger partial charge in [-0.05, 0) is 69.2 Å². The third-order valence-corrected chi connectivity index (χ3v) is 6.99. The Morgan fingerprint density at radius 2 is 2.13 bits per heavy atom. The highest BCUT2D eigenvalue weighted by molar-refractivity contribution is 7.18. The summed E-state index contributed by atoms with van der Waals surface area (Å²) >= 11 is 1.65. The normalized spacial score (nSPS) is 19.9. The van der Waals surface area contributed by atoms with E-state index in [9.17, 15) is 0 Å². The van der Waals surface area contributed by atoms with Crippen molar-refractivity contribution in [2.45, 2.75) is 51.6 Å². The minimum atomic E-state index is 0.159. The number of rotatable bonds is 5. The molecule has 3 aromatic rings. The van der Waals surface area contributed by atoms with Crippen molar-refractivity contribution >= 4 is 17.0 Å². The average molecular weight is 435 g/mol. The number of pyridine rings is 2. The highest BCUT2D eigenvalue weighted by Crippen LogP contribution is 2.35. The predicted molar refractivity (Wildman–Crippen MR) is 122 cm³/mol. The Kier molecular flexibility index (Phi) is 6.04. The van der Waals surface area contributed by atoms with Gasteiger partial charge in [0.2, 0.25) is 0 Å². The second kappa shape index (κ2) is 9.24. The van der Waals surface area contributed by atoms with Crippen LogP contribution in [0.15, 0.2) is 41.8 Å². The lowest BCUT2D eigenvalue weighted by molar-refractivity contribution is -0.0397. The van der Waals surface area contributed by atoms with Gasteiger partial charge in [0.1, 0.15) is 17.3 Å². The molecule has 1 saturated heterocycles. The highest BCUT2D eigenvalue weighted by Gasteiger charge is 2.21. The summed E-state index contributed by atoms with van der Waals surface area (Å²) in [5.41, 5.74) is 6.09. The number of aryl methyl sites for hydroxylation is 2. The Balaban J connectivity index is 1.39. The number of hydrogen-bond acceptors (Lipinski definition) is 7. The van der Waals surface area contributed by atoms with Crippen molar-refractivity contribution in [3.8, 4) is 21.1 Å². The van der Waals surface area contributed by atoms with Crippen LogP contribution in [0, 0.1) is 6.92 Å². The van der Waals surface area contributed by atoms with Gasteiger partial charge in [-0.3, -0.25) is 4.98 Å². The number of fused-ring (bicyclic) bond motifs is 1. The van der Waals surface area contributed by atoms with Crippen molar-refractivity contribution in [2.75, 3.05) is 13.2 Å². The molecule has 7 heteroatoms. The maximum Gasteiger partial charge on any atom is 0.143 e. The number of nitrogens with zero attached hydrogens (tertiary/aromatic N) is 4. The molecule has 0 bridgehead atoms. The molecule has 0 spiro atoms. The molecule has 1 fully saturated rings. The number of thiazole rings is 1. The van der Waals surface area contributed by atoms with Crippen LogP contribution >= 0.6 is 11.3 Å². The maximum atomic E-state index is 5.75. The lowest BCUT2D eigenvalue weighted by atomic mass is 9.94. The molecular formula is C24H26N4O2S. The van der Waals surface area contributed by atoms with Crippen molar-refractivity contribution in [1.29, 1.82) is 0 Å². The highest BCUT2D eigenvalue weighted by atomic mass is 32.1. The Hall–Kier alpha value is -2.64. The summed E-state index contributed by atoms with van der Waals surface area (Å²) in [6.45, 7) is 3.38. The van der Waals surface area contributed by atoms with E-state index >= 15 is 0 Å². The van der Waals surface area contributed by atoms with Crippen LogP contribution < -0.4 is 0 Å². The summed E-state index contributed by atoms with van der Waals surface area (Å²) in [4.78, 5) is 20.8. The smallest absolute Gasteiger partial charge is 0.143 e. The Morgan fingerprint density at radius 1 is 1.16 bits per heavy atom. The van der Waals surface area contributed by atoms with Crippen molar-refractivity contribution < 1.29 is 9.57 Å². The van der Waals surface area contributed by atoms with E-state index in [1.54, 1.807) is 17.5 Å². The summed E-state index contributed by atoms with van der Waals surface area (Å²) in [6.07, 6.45) is 10.2. The zero-order valence-corrected chi connectivity index (χ0v) is 18.5. The molecule has 4 heterocycles. The Bertz CT molecular complexity index is 1070. The molecule has 1 aliphatic carbocycles. The quantitative estimate of drug-likeness (QED) is 0.516. The molecular weight excluding hydrogens is 408 g/mol. The minimum Gasteiger partial charge on any atom is -0.393 e. The first-order valence-corrected chi connectivity index (χ1v) is 11.8. The zero-order valence-electron chi connectivity index (χ0n) is 17.7. The largest absolute Gasteiger partial charge is 0.393 e. The fourth-order valence-electron chi connectivity index (χ4n) is 4.10. The van der Waals surface area contributed by atoms with Crippen molar-refractivity contribution in [3.05, 3.63) is 53.6 Å². The fourth-order valence-corrected chi connectivity index (χ4v) is 5.13. The predicted octanol–water partition coefficient (Wildman–Crippen LogP) is 5.20. The summed E-state index contributed by atoms with van der Waals surface area (Å²) in [7, 11) is 0. The number of hydrogen-bond donors (Lipinski definition) is 0. The Morgan fingerprint density at radius 3 is 2.97 bits per heavy atom. The van der Waals surface area contributed by atoms with Crippen LogP contribution in [-0.2, 0) is 16.0 Å². The van der Waals surface area contributed by atoms with Gasteiger partial charge in [0.05, 0.1) is 28.1 Å². The molecule has 0 saturated carbocycles. The van der Waals surface area contributed by atoms with Crippen LogP contribution in [0.4, 0.5) is 0 Å². The SMILES string of the molecule is Cc1nc(-c2cccnc2)sc1-c1ccc2c(n1)C(=NOCC1CCCCO1)CCC2. The minimum absolute atomic E-state index is 0.159. The summed E-state index contributed by atoms with van der Waals surface area (Å²) in [5.74, 6) is 0. The topological polar surface area (TPSA) is 69.5 Å². The van der Waals surface area contributed by atoms with E-state index in [0.717, 1.165) is 77.0 Å². The molecule has 0 N–H and O–H groups in total. The number of oxime groups is 1. The third kappa shape index (κ3) is 4.52. The third-order valence-electron chi connectivity index (χ3n) is 5.76. The van der Waals surface area contributed by atoms with Crippen LogP contribution in [0.25, 0.3) is 21.1 Å². The van der Waals surface area contributed by atoms with Crippen LogP contribution in [-0.4, -0.2) is 40.0 Å². The van der Waals surface area contributed by atoms with Gasteiger partial charge in [-0.2, -0.15) is 0 Å². The average Bonchev–Trinajstić information content (AvgIpc) is 3.22. The summed E-state index contributed by atoms with van der Waals surface area (Å²) in [5, 5.41) is 5.45. The Labute approximate surface area is 186 Å². The van der Waals surface area contributed by atoms with E-state index < -0.39 is 0 Å². The van der Waals surface area contributed by atoms with E-state index in [4.69, 9.17) is 19.5 Å². The molecule has 0 aromatic carbocycles. The van der Waals surface area contributed by atoms with E-state index in [1.165, 1.54) is 12.0 Å². The second-order valence-electron chi connectivity index (χ2n) is 8.06. The van der Waals surface area contributed by atoms with E-state index in [0.29, 0.717) is 6.61 Å². The molecule has 1 atom stereocenters. The standard InChI is InChI=1S/C24H26N4O2S/c1-16-23(31-24(26-16)18-7-5-12-25-14-18)21-11-10-17-6-4-9-20(22(17)27-21)28-30-15-19-8-2-3-13-29-19/h5,7,10-12,14,19H,2-4,6,8-9,13,15H2,1H3. The van der Waals surface area contributed by atoms with Gasteiger partial charge in [-0.1, -0.05) is 11.2 Å². The zero-order chi connectivity index (χ0) is 21.0. The van der Waals surface area contributed by atoms with Gasteiger partial charge >= 0.3 is 0 Å². The van der Waals surface area contributed by atoms with Crippen molar-refractivity contribution in [2.24, 2.45) is 5.16 Å². The van der Waals surface area contributed by atoms with Gasteiger partial charge in [0, 0.05) is 24.6 Å². The van der Waals surface area contributed by atoms with Gasteiger partial charge < -0.3 is 9.57 Å². The maximum absolute atomic E-state index is 5.75. The molecule has 1 aliphatic heterocycles. The molecule has 1 unspecified atom stereocenters. The van der Waals surface area contributed by atoms with E-state index in [1.807, 2.05) is 25.3 Å². The van der Waals surface area contributed by atoms with Gasteiger partial charge in [-0.25, -0.2) is 9.97 Å². The first-order valence-electron chi connectivity index (χ1n) is 11.0. The van der Waals surface area contributed by atoms with E-state index in [2.05, 4.69) is 22.3 Å². The molecule has 6 nitrogen and oxygen atoms in total. The van der Waals surface area contributed by atoms with Crippen LogP contribution in [0.5, 0.6) is 0 Å². The first kappa shape index (κ1) is 20.3. The van der Waals surface area contributed by atoms with E-state index in [-0.39, 0.29) is 6.10 Å². The second-order valence-corrected chi connectivity index (χ2v) is 9.05. The van der Waals surface area contributed by atoms with Gasteiger partial charge in [0.15, 0.2) is 0 Å². The molecule has 31 heavy (non-hydrogen) atoms. The van der Waals surface area contributed by atoms with Crippen molar-refractivity contribution in [1.82, 2.24) is 15.0 Å². The molecule has 160 valence electrons. The van der Waals surface area contributed by atoms with Gasteiger partial charge in [-0.15, -0.1) is 11.3 Å². The lowest BCUT2D eigenvalue weighted by Gasteiger charge is -2.22. The fraction of sp³-hybridized carbons (Fsp3) is 0.417. The summed E-state index contributed by atoms with van der Waals surface area (Å²) < 4.78 is 5.75. The van der Waals surface area contributed by atoms with Crippen LogP contribution in [0.2, 0.25) is 0 Å². The van der Waals surface area contributed by atoms with Crippen LogP contribution in [0.1, 0.15) is 49.1 Å². The number of ether oxygens (including phenoxy) is 1. The molecule has 2 aliphatic rings. The summed E-state index contributed by atoms with van der Waals surface area (Å²) in [6, 6.07) is 8.25.